The number of imidazole rings is 1. The van der Waals surface area contributed by atoms with Gasteiger partial charge in [-0.1, -0.05) is 134 Å². The molecular formula is C50H33N7. The van der Waals surface area contributed by atoms with Gasteiger partial charge in [-0.15, -0.1) is 0 Å². The summed E-state index contributed by atoms with van der Waals surface area (Å²) in [6.45, 7) is 2.28. The van der Waals surface area contributed by atoms with E-state index in [2.05, 4.69) is 168 Å². The first kappa shape index (κ1) is 31.8. The molecule has 0 radical (unpaired) electrons. The summed E-state index contributed by atoms with van der Waals surface area (Å²) >= 11 is 0. The van der Waals surface area contributed by atoms with Crippen LogP contribution in [0.2, 0.25) is 0 Å². The molecule has 0 N–H and O–H groups in total. The van der Waals surface area contributed by atoms with Gasteiger partial charge in [0.15, 0.2) is 17.5 Å². The Hall–Kier alpha value is -7.51. The number of allylic oxidation sites excluding steroid dienone is 8. The summed E-state index contributed by atoms with van der Waals surface area (Å²) in [6, 6.07) is 46.5. The fourth-order valence-corrected chi connectivity index (χ4v) is 8.83. The molecule has 4 aromatic heterocycles. The lowest BCUT2D eigenvalue weighted by atomic mass is 9.71. The molecule has 0 aliphatic heterocycles. The van der Waals surface area contributed by atoms with Gasteiger partial charge in [-0.3, -0.25) is 8.97 Å². The number of rotatable bonds is 4. The van der Waals surface area contributed by atoms with E-state index in [0.29, 0.717) is 17.5 Å². The van der Waals surface area contributed by atoms with Gasteiger partial charge in [0, 0.05) is 32.7 Å². The molecule has 6 aromatic carbocycles. The van der Waals surface area contributed by atoms with Crippen molar-refractivity contribution in [3.05, 3.63) is 181 Å². The van der Waals surface area contributed by atoms with E-state index >= 15 is 0 Å². The minimum Gasteiger partial charge on any atom is -0.279 e. The first-order valence-electron chi connectivity index (χ1n) is 19.3. The number of para-hydroxylation sites is 4. The molecule has 57 heavy (non-hydrogen) atoms. The summed E-state index contributed by atoms with van der Waals surface area (Å²) in [6.07, 6.45) is 13.9. The van der Waals surface area contributed by atoms with E-state index in [0.717, 1.165) is 83.8 Å². The zero-order valence-electron chi connectivity index (χ0n) is 31.0. The Balaban J connectivity index is 1.12. The summed E-state index contributed by atoms with van der Waals surface area (Å²) < 4.78 is 4.47. The molecule has 0 spiro atoms. The molecule has 0 fully saturated rings. The molecule has 7 nitrogen and oxygen atoms in total. The maximum atomic E-state index is 5.39. The molecule has 7 heteroatoms. The SMILES string of the molecule is CC12C=CC=CC1=CC=C(c1nc(-c3ccc4ccccc4c3)nc(-c3ccc4c5ccccc5n(-c5nc6ccccc6c6nc7ccccc7n56)c4c3)n1)C2. The zero-order valence-corrected chi connectivity index (χ0v) is 31.0. The highest BCUT2D eigenvalue weighted by atomic mass is 15.2. The minimum absolute atomic E-state index is 0.135. The van der Waals surface area contributed by atoms with E-state index in [4.69, 9.17) is 24.9 Å². The molecular weight excluding hydrogens is 699 g/mol. The molecule has 10 aromatic rings. The lowest BCUT2D eigenvalue weighted by Crippen LogP contribution is -2.21. The van der Waals surface area contributed by atoms with Gasteiger partial charge in [0.25, 0.3) is 0 Å². The number of nitrogens with zero attached hydrogens (tertiary/aromatic N) is 7. The zero-order chi connectivity index (χ0) is 37.7. The normalized spacial score (nSPS) is 16.6. The Morgan fingerprint density at radius 3 is 2.09 bits per heavy atom. The molecule has 268 valence electrons. The monoisotopic (exact) mass is 731 g/mol. The van der Waals surface area contributed by atoms with Gasteiger partial charge in [0.2, 0.25) is 5.95 Å². The molecule has 1 unspecified atom stereocenters. The van der Waals surface area contributed by atoms with Crippen molar-refractivity contribution in [2.75, 3.05) is 0 Å². The maximum absolute atomic E-state index is 5.39. The van der Waals surface area contributed by atoms with Crippen LogP contribution < -0.4 is 0 Å². The van der Waals surface area contributed by atoms with Crippen LogP contribution in [-0.2, 0) is 0 Å². The van der Waals surface area contributed by atoms with Crippen molar-refractivity contribution in [1.82, 2.24) is 33.9 Å². The van der Waals surface area contributed by atoms with Crippen molar-refractivity contribution in [2.45, 2.75) is 13.3 Å². The van der Waals surface area contributed by atoms with Crippen LogP contribution in [0.15, 0.2) is 175 Å². The topological polar surface area (TPSA) is 73.8 Å². The van der Waals surface area contributed by atoms with Crippen molar-refractivity contribution in [2.24, 2.45) is 5.41 Å². The Kier molecular flexibility index (Phi) is 6.69. The van der Waals surface area contributed by atoms with Crippen LogP contribution in [0.3, 0.4) is 0 Å². The Morgan fingerprint density at radius 2 is 1.21 bits per heavy atom. The fourth-order valence-electron chi connectivity index (χ4n) is 8.83. The Bertz CT molecular complexity index is 3470. The van der Waals surface area contributed by atoms with Gasteiger partial charge in [0.05, 0.1) is 27.6 Å². The van der Waals surface area contributed by atoms with Crippen molar-refractivity contribution in [3.8, 4) is 28.7 Å². The van der Waals surface area contributed by atoms with Crippen LogP contribution in [-0.4, -0.2) is 33.9 Å². The van der Waals surface area contributed by atoms with Crippen molar-refractivity contribution >= 4 is 65.7 Å². The third-order valence-corrected chi connectivity index (χ3v) is 11.7. The fraction of sp³-hybridized carbons (Fsp3) is 0.0600. The van der Waals surface area contributed by atoms with Gasteiger partial charge in [-0.05, 0) is 70.8 Å². The van der Waals surface area contributed by atoms with Crippen LogP contribution in [0.5, 0.6) is 0 Å². The number of hydrogen-bond acceptors (Lipinski definition) is 5. The van der Waals surface area contributed by atoms with Crippen molar-refractivity contribution < 1.29 is 0 Å². The Labute approximate surface area is 327 Å². The lowest BCUT2D eigenvalue weighted by Gasteiger charge is -2.33. The van der Waals surface area contributed by atoms with Gasteiger partial charge >= 0.3 is 0 Å². The largest absolute Gasteiger partial charge is 0.279 e. The van der Waals surface area contributed by atoms with E-state index < -0.39 is 0 Å². The molecule has 0 amide bonds. The molecule has 0 saturated heterocycles. The van der Waals surface area contributed by atoms with Gasteiger partial charge < -0.3 is 0 Å². The maximum Gasteiger partial charge on any atom is 0.221 e. The average Bonchev–Trinajstić information content (AvgIpc) is 3.82. The quantitative estimate of drug-likeness (QED) is 0.180. The number of aromatic nitrogens is 7. The van der Waals surface area contributed by atoms with Gasteiger partial charge in [-0.25, -0.2) is 24.9 Å². The average molecular weight is 732 g/mol. The van der Waals surface area contributed by atoms with Crippen molar-refractivity contribution in [3.63, 3.8) is 0 Å². The highest BCUT2D eigenvalue weighted by Crippen LogP contribution is 2.44. The number of benzene rings is 6. The summed E-state index contributed by atoms with van der Waals surface area (Å²) in [5, 5.41) is 5.57. The summed E-state index contributed by atoms with van der Waals surface area (Å²) in [5.74, 6) is 2.72. The highest BCUT2D eigenvalue weighted by molar-refractivity contribution is 6.10. The summed E-state index contributed by atoms with van der Waals surface area (Å²) in [5.41, 5.74) is 9.81. The second-order valence-corrected chi connectivity index (χ2v) is 15.3. The molecule has 0 saturated carbocycles. The van der Waals surface area contributed by atoms with E-state index in [1.54, 1.807) is 0 Å². The van der Waals surface area contributed by atoms with Crippen LogP contribution >= 0.6 is 0 Å². The standard InChI is InChI=1S/C50H33N7/c1-50-27-11-10-14-36(50)25-23-35(30-50)47-54-45(33-22-21-31-12-2-3-13-32(31)28-33)53-46(55-47)34-24-26-38-37-15-5-8-19-42(37)56(44(38)29-34)49-52-40-17-6-4-16-39(40)48-51-41-18-7-9-20-43(41)57(48)49/h2-29H,30H2,1H3. The first-order valence-corrected chi connectivity index (χ1v) is 19.3. The second-order valence-electron chi connectivity index (χ2n) is 15.3. The third-order valence-electron chi connectivity index (χ3n) is 11.7. The van der Waals surface area contributed by atoms with E-state index in [1.165, 1.54) is 11.0 Å². The molecule has 12 rings (SSSR count). The van der Waals surface area contributed by atoms with Gasteiger partial charge in [0.1, 0.15) is 5.65 Å². The summed E-state index contributed by atoms with van der Waals surface area (Å²) in [4.78, 5) is 26.2. The van der Waals surface area contributed by atoms with E-state index in [9.17, 15) is 0 Å². The highest BCUT2D eigenvalue weighted by Gasteiger charge is 2.31. The second kappa shape index (κ2) is 12.0. The molecule has 2 aliphatic carbocycles. The third kappa shape index (κ3) is 4.88. The van der Waals surface area contributed by atoms with Crippen molar-refractivity contribution in [1.29, 1.82) is 0 Å². The smallest absolute Gasteiger partial charge is 0.221 e. The molecule has 4 heterocycles. The van der Waals surface area contributed by atoms with Gasteiger partial charge in [-0.2, -0.15) is 0 Å². The first-order chi connectivity index (χ1) is 28.1. The molecule has 1 atom stereocenters. The van der Waals surface area contributed by atoms with Crippen LogP contribution in [0.1, 0.15) is 19.2 Å². The van der Waals surface area contributed by atoms with E-state index in [-0.39, 0.29) is 5.41 Å². The van der Waals surface area contributed by atoms with Crippen LogP contribution in [0.25, 0.3) is 94.5 Å². The molecule has 2 aliphatic rings. The van der Waals surface area contributed by atoms with Crippen LogP contribution in [0.4, 0.5) is 0 Å². The Morgan fingerprint density at radius 1 is 0.526 bits per heavy atom. The predicted molar refractivity (Wildman–Crippen MR) is 231 cm³/mol. The number of fused-ring (bicyclic) bond motifs is 10. The molecule has 0 bridgehead atoms. The summed E-state index contributed by atoms with van der Waals surface area (Å²) in [7, 11) is 0. The van der Waals surface area contributed by atoms with E-state index in [1.807, 2.05) is 18.2 Å². The number of hydrogen-bond donors (Lipinski definition) is 0. The predicted octanol–water partition coefficient (Wildman–Crippen LogP) is 11.7. The minimum atomic E-state index is -0.135. The van der Waals surface area contributed by atoms with Crippen LogP contribution in [0, 0.1) is 5.41 Å². The lowest BCUT2D eigenvalue weighted by molar-refractivity contribution is 0.533.